The third-order valence-electron chi connectivity index (χ3n) is 6.73. The molecule has 0 saturated carbocycles. The van der Waals surface area contributed by atoms with Gasteiger partial charge in [-0.1, -0.05) is 35.3 Å². The number of aryl methyl sites for hydroxylation is 2. The van der Waals surface area contributed by atoms with Gasteiger partial charge in [-0.2, -0.15) is 0 Å². The van der Waals surface area contributed by atoms with Crippen molar-refractivity contribution in [1.29, 1.82) is 0 Å². The van der Waals surface area contributed by atoms with Crippen molar-refractivity contribution >= 4 is 60.5 Å². The SMILES string of the molecule is Cc1ccc(NS(=O)(=O)c2ccc(NC(=O)C3CCCN(S(=O)(=O)Cc4c(Cl)cccc4Cl)C3)cc2)cc1C. The van der Waals surface area contributed by atoms with Crippen molar-refractivity contribution < 1.29 is 21.6 Å². The van der Waals surface area contributed by atoms with E-state index in [2.05, 4.69) is 10.0 Å². The van der Waals surface area contributed by atoms with Gasteiger partial charge in [0, 0.05) is 40.1 Å². The number of carbonyl (C=O) groups excluding carboxylic acids is 1. The summed E-state index contributed by atoms with van der Waals surface area (Å²) < 4.78 is 55.7. The number of halogens is 2. The lowest BCUT2D eigenvalue weighted by Gasteiger charge is -2.31. The van der Waals surface area contributed by atoms with Crippen molar-refractivity contribution in [3.63, 3.8) is 0 Å². The molecule has 1 unspecified atom stereocenters. The van der Waals surface area contributed by atoms with Crippen LogP contribution >= 0.6 is 23.2 Å². The highest BCUT2D eigenvalue weighted by Crippen LogP contribution is 2.29. The third-order valence-corrected chi connectivity index (χ3v) is 10.6. The number of nitrogens with one attached hydrogen (secondary N) is 2. The van der Waals surface area contributed by atoms with Gasteiger partial charge in [-0.15, -0.1) is 0 Å². The Labute approximate surface area is 239 Å². The molecule has 1 saturated heterocycles. The van der Waals surface area contributed by atoms with Crippen LogP contribution in [-0.4, -0.2) is 40.1 Å². The zero-order chi connectivity index (χ0) is 28.4. The maximum Gasteiger partial charge on any atom is 0.261 e. The van der Waals surface area contributed by atoms with Gasteiger partial charge >= 0.3 is 0 Å². The number of benzene rings is 3. The molecule has 208 valence electrons. The molecule has 8 nitrogen and oxygen atoms in total. The molecule has 1 aliphatic rings. The van der Waals surface area contributed by atoms with Crippen LogP contribution in [0.3, 0.4) is 0 Å². The summed E-state index contributed by atoms with van der Waals surface area (Å²) >= 11 is 12.3. The molecule has 1 fully saturated rings. The summed E-state index contributed by atoms with van der Waals surface area (Å²) in [5.74, 6) is -1.26. The van der Waals surface area contributed by atoms with Gasteiger partial charge in [0.25, 0.3) is 10.0 Å². The van der Waals surface area contributed by atoms with E-state index in [0.29, 0.717) is 36.3 Å². The summed E-state index contributed by atoms with van der Waals surface area (Å²) in [6, 6.07) is 15.9. The predicted molar refractivity (Wildman–Crippen MR) is 155 cm³/mol. The number of sulfonamides is 2. The summed E-state index contributed by atoms with van der Waals surface area (Å²) in [7, 11) is -7.58. The summed E-state index contributed by atoms with van der Waals surface area (Å²) in [5, 5.41) is 3.32. The monoisotopic (exact) mass is 609 g/mol. The molecule has 3 aromatic rings. The number of hydrogen-bond donors (Lipinski definition) is 2. The van der Waals surface area contributed by atoms with Gasteiger partial charge < -0.3 is 5.32 Å². The van der Waals surface area contributed by atoms with Crippen LogP contribution in [0.25, 0.3) is 0 Å². The van der Waals surface area contributed by atoms with Crippen LogP contribution < -0.4 is 10.0 Å². The Bertz CT molecular complexity index is 1570. The average Bonchev–Trinajstić information content (AvgIpc) is 2.89. The van der Waals surface area contributed by atoms with Crippen molar-refractivity contribution in [2.75, 3.05) is 23.1 Å². The highest BCUT2D eigenvalue weighted by atomic mass is 35.5. The summed E-state index contributed by atoms with van der Waals surface area (Å²) in [6.45, 7) is 4.18. The van der Waals surface area contributed by atoms with Crippen LogP contribution in [0.2, 0.25) is 10.0 Å². The van der Waals surface area contributed by atoms with Crippen LogP contribution in [0.15, 0.2) is 65.6 Å². The van der Waals surface area contributed by atoms with Crippen LogP contribution in [0.1, 0.15) is 29.5 Å². The van der Waals surface area contributed by atoms with E-state index in [1.54, 1.807) is 30.3 Å². The second-order valence-corrected chi connectivity index (χ2v) is 14.0. The van der Waals surface area contributed by atoms with Crippen LogP contribution in [0.4, 0.5) is 11.4 Å². The number of hydrogen-bond acceptors (Lipinski definition) is 5. The second-order valence-electron chi connectivity index (χ2n) is 9.57. The first kappa shape index (κ1) is 29.4. The second kappa shape index (κ2) is 11.9. The van der Waals surface area contributed by atoms with Crippen LogP contribution in [-0.2, 0) is 30.6 Å². The van der Waals surface area contributed by atoms with E-state index in [4.69, 9.17) is 23.2 Å². The van der Waals surface area contributed by atoms with Crippen molar-refractivity contribution in [2.45, 2.75) is 37.3 Å². The Kier molecular flexibility index (Phi) is 8.92. The van der Waals surface area contributed by atoms with E-state index in [9.17, 15) is 21.6 Å². The number of carbonyl (C=O) groups is 1. The van der Waals surface area contributed by atoms with Crippen molar-refractivity contribution in [3.05, 3.63) is 87.4 Å². The molecule has 4 rings (SSSR count). The maximum atomic E-state index is 13.1. The van der Waals surface area contributed by atoms with E-state index in [1.807, 2.05) is 19.9 Å². The Morgan fingerprint density at radius 2 is 1.56 bits per heavy atom. The normalized spacial score (nSPS) is 16.6. The zero-order valence-corrected chi connectivity index (χ0v) is 24.6. The maximum absolute atomic E-state index is 13.1. The fraction of sp³-hybridized carbons (Fsp3) is 0.296. The van der Waals surface area contributed by atoms with E-state index >= 15 is 0 Å². The fourth-order valence-corrected chi connectivity index (χ4v) is 7.75. The molecule has 39 heavy (non-hydrogen) atoms. The average molecular weight is 611 g/mol. The van der Waals surface area contributed by atoms with Gasteiger partial charge in [0.15, 0.2) is 0 Å². The number of rotatable bonds is 8. The van der Waals surface area contributed by atoms with Gasteiger partial charge in [-0.25, -0.2) is 21.1 Å². The largest absolute Gasteiger partial charge is 0.326 e. The summed E-state index contributed by atoms with van der Waals surface area (Å²) in [6.07, 6.45) is 1.05. The molecule has 1 heterocycles. The minimum atomic E-state index is -3.82. The predicted octanol–water partition coefficient (Wildman–Crippen LogP) is 5.59. The molecule has 0 aliphatic carbocycles. The van der Waals surface area contributed by atoms with Gasteiger partial charge in [0.1, 0.15) is 0 Å². The third kappa shape index (κ3) is 7.12. The zero-order valence-electron chi connectivity index (χ0n) is 21.4. The molecule has 0 spiro atoms. The first-order valence-corrected chi connectivity index (χ1v) is 16.1. The minimum Gasteiger partial charge on any atom is -0.326 e. The van der Waals surface area contributed by atoms with E-state index in [-0.39, 0.29) is 33.1 Å². The van der Waals surface area contributed by atoms with Crippen molar-refractivity contribution in [1.82, 2.24) is 4.31 Å². The lowest BCUT2D eigenvalue weighted by Crippen LogP contribution is -2.44. The Hall–Kier alpha value is -2.63. The molecule has 3 aromatic carbocycles. The van der Waals surface area contributed by atoms with Gasteiger partial charge in [-0.05, 0) is 86.3 Å². The van der Waals surface area contributed by atoms with Gasteiger partial charge in [-0.3, -0.25) is 9.52 Å². The van der Waals surface area contributed by atoms with Crippen LogP contribution in [0, 0.1) is 19.8 Å². The molecule has 2 N–H and O–H groups in total. The minimum absolute atomic E-state index is 0.0303. The molecule has 1 atom stereocenters. The quantitative estimate of drug-likeness (QED) is 0.345. The molecule has 1 aliphatic heterocycles. The fourth-order valence-electron chi connectivity index (χ4n) is 4.33. The van der Waals surface area contributed by atoms with Gasteiger partial charge in [0.05, 0.1) is 16.6 Å². The molecule has 0 aromatic heterocycles. The number of piperidine rings is 1. The van der Waals surface area contributed by atoms with Gasteiger partial charge in [0.2, 0.25) is 15.9 Å². The molecule has 12 heteroatoms. The molecule has 0 bridgehead atoms. The lowest BCUT2D eigenvalue weighted by molar-refractivity contribution is -0.120. The number of amides is 1. The lowest BCUT2D eigenvalue weighted by atomic mass is 9.99. The van der Waals surface area contributed by atoms with E-state index < -0.39 is 26.0 Å². The standard InChI is InChI=1S/C27H29Cl2N3O5S2/c1-18-8-9-22(15-19(18)2)31-39(36,37)23-12-10-21(11-13-23)30-27(33)20-5-4-14-32(16-20)38(34,35)17-24-25(28)6-3-7-26(24)29/h3,6-13,15,20,31H,4-5,14,16-17H2,1-2H3,(H,30,33). The van der Waals surface area contributed by atoms with Crippen molar-refractivity contribution in [2.24, 2.45) is 5.92 Å². The summed E-state index contributed by atoms with van der Waals surface area (Å²) in [5.41, 5.74) is 3.23. The highest BCUT2D eigenvalue weighted by Gasteiger charge is 2.33. The Morgan fingerprint density at radius 1 is 0.923 bits per heavy atom. The molecular weight excluding hydrogens is 581 g/mol. The van der Waals surface area contributed by atoms with Crippen molar-refractivity contribution in [3.8, 4) is 0 Å². The number of nitrogens with zero attached hydrogens (tertiary/aromatic N) is 1. The highest BCUT2D eigenvalue weighted by molar-refractivity contribution is 7.92. The molecule has 0 radical (unpaired) electrons. The number of anilines is 2. The summed E-state index contributed by atoms with van der Waals surface area (Å²) in [4.78, 5) is 13.0. The first-order valence-electron chi connectivity index (χ1n) is 12.3. The molecule has 1 amide bonds. The van der Waals surface area contributed by atoms with E-state index in [1.165, 1.54) is 28.6 Å². The van der Waals surface area contributed by atoms with E-state index in [0.717, 1.165) is 11.1 Å². The van der Waals surface area contributed by atoms with Crippen LogP contribution in [0.5, 0.6) is 0 Å². The molecular formula is C27H29Cl2N3O5S2. The smallest absolute Gasteiger partial charge is 0.261 e. The Morgan fingerprint density at radius 3 is 2.21 bits per heavy atom. The Balaban J connectivity index is 1.40. The topological polar surface area (TPSA) is 113 Å². The first-order chi connectivity index (χ1) is 18.4.